The lowest BCUT2D eigenvalue weighted by atomic mass is 10.1. The Hall–Kier alpha value is -3.09. The standard InChI is InChI=1S/C13H9N5O2/c14-13-12(18(19)20)11(16-7-17-13)9-5-1-3-8-4-2-6-15-10(8)9/h1-7H,(H2,14,16,17). The molecule has 0 radical (unpaired) electrons. The van der Waals surface area contributed by atoms with Crippen molar-refractivity contribution < 1.29 is 4.92 Å². The highest BCUT2D eigenvalue weighted by atomic mass is 16.6. The maximum absolute atomic E-state index is 11.2. The Bertz CT molecular complexity index is 813. The Morgan fingerprint density at radius 2 is 1.90 bits per heavy atom. The predicted octanol–water partition coefficient (Wildman–Crippen LogP) is 2.18. The van der Waals surface area contributed by atoms with Crippen LogP contribution < -0.4 is 5.73 Å². The maximum Gasteiger partial charge on any atom is 0.337 e. The molecule has 0 saturated heterocycles. The van der Waals surface area contributed by atoms with Crippen LogP contribution in [0.25, 0.3) is 22.2 Å². The fraction of sp³-hybridized carbons (Fsp3) is 0. The molecule has 3 aromatic rings. The number of aromatic nitrogens is 3. The smallest absolute Gasteiger partial charge is 0.337 e. The minimum atomic E-state index is -0.577. The molecule has 2 N–H and O–H groups in total. The van der Waals surface area contributed by atoms with Gasteiger partial charge in [-0.3, -0.25) is 15.1 Å². The molecule has 0 amide bonds. The van der Waals surface area contributed by atoms with E-state index in [1.807, 2.05) is 12.1 Å². The second-order valence-electron chi connectivity index (χ2n) is 4.09. The van der Waals surface area contributed by atoms with E-state index in [0.29, 0.717) is 11.1 Å². The van der Waals surface area contributed by atoms with E-state index < -0.39 is 4.92 Å². The Kier molecular flexibility index (Phi) is 2.72. The summed E-state index contributed by atoms with van der Waals surface area (Å²) in [7, 11) is 0. The number of fused-ring (bicyclic) bond motifs is 1. The van der Waals surface area contributed by atoms with Crippen molar-refractivity contribution in [1.82, 2.24) is 15.0 Å². The number of nitrogens with zero attached hydrogens (tertiary/aromatic N) is 4. The summed E-state index contributed by atoms with van der Waals surface area (Å²) in [5.41, 5.74) is 6.66. The molecule has 3 rings (SSSR count). The zero-order chi connectivity index (χ0) is 14.1. The monoisotopic (exact) mass is 267 g/mol. The van der Waals surface area contributed by atoms with E-state index in [-0.39, 0.29) is 17.2 Å². The maximum atomic E-state index is 11.2. The van der Waals surface area contributed by atoms with Gasteiger partial charge in [-0.15, -0.1) is 0 Å². The van der Waals surface area contributed by atoms with Gasteiger partial charge in [0.05, 0.1) is 10.4 Å². The van der Waals surface area contributed by atoms with E-state index in [1.54, 1.807) is 24.4 Å². The van der Waals surface area contributed by atoms with E-state index in [0.717, 1.165) is 5.39 Å². The largest absolute Gasteiger partial charge is 0.378 e. The number of nitro groups is 1. The van der Waals surface area contributed by atoms with Gasteiger partial charge in [0.2, 0.25) is 5.82 Å². The molecule has 0 fully saturated rings. The first-order chi connectivity index (χ1) is 9.68. The van der Waals surface area contributed by atoms with Gasteiger partial charge in [-0.05, 0) is 6.07 Å². The first-order valence-electron chi connectivity index (χ1n) is 5.77. The predicted molar refractivity (Wildman–Crippen MR) is 73.8 cm³/mol. The number of para-hydroxylation sites is 1. The van der Waals surface area contributed by atoms with E-state index in [9.17, 15) is 10.1 Å². The SMILES string of the molecule is Nc1ncnc(-c2cccc3cccnc23)c1[N+](=O)[O-]. The quantitative estimate of drug-likeness (QED) is 0.563. The van der Waals surface area contributed by atoms with Crippen molar-refractivity contribution in [2.75, 3.05) is 5.73 Å². The third kappa shape index (κ3) is 1.81. The van der Waals surface area contributed by atoms with Gasteiger partial charge in [0.25, 0.3) is 0 Å². The first kappa shape index (κ1) is 12.0. The van der Waals surface area contributed by atoms with E-state index in [2.05, 4.69) is 15.0 Å². The van der Waals surface area contributed by atoms with Crippen LogP contribution in [0.1, 0.15) is 0 Å². The summed E-state index contributed by atoms with van der Waals surface area (Å²) in [5, 5.41) is 12.0. The minimum absolute atomic E-state index is 0.159. The van der Waals surface area contributed by atoms with Crippen LogP contribution in [0.4, 0.5) is 11.5 Å². The summed E-state index contributed by atoms with van der Waals surface area (Å²) in [6.45, 7) is 0. The Balaban J connectivity index is 2.37. The zero-order valence-corrected chi connectivity index (χ0v) is 10.2. The second-order valence-corrected chi connectivity index (χ2v) is 4.09. The average molecular weight is 267 g/mol. The molecule has 1 aromatic carbocycles. The summed E-state index contributed by atoms with van der Waals surface area (Å²) >= 11 is 0. The number of benzene rings is 1. The molecular weight excluding hydrogens is 258 g/mol. The molecule has 0 saturated carbocycles. The highest BCUT2D eigenvalue weighted by molar-refractivity contribution is 5.95. The lowest BCUT2D eigenvalue weighted by Crippen LogP contribution is -2.02. The molecule has 0 aliphatic rings. The van der Waals surface area contributed by atoms with Crippen LogP contribution in [0.5, 0.6) is 0 Å². The molecule has 20 heavy (non-hydrogen) atoms. The van der Waals surface area contributed by atoms with Gasteiger partial charge in [0.15, 0.2) is 5.69 Å². The van der Waals surface area contributed by atoms with Crippen molar-refractivity contribution in [2.24, 2.45) is 0 Å². The molecule has 0 aliphatic heterocycles. The summed E-state index contributed by atoms with van der Waals surface area (Å²) in [6, 6.07) is 9.07. The van der Waals surface area contributed by atoms with Gasteiger partial charge in [-0.25, -0.2) is 9.97 Å². The van der Waals surface area contributed by atoms with E-state index in [1.165, 1.54) is 6.33 Å². The Morgan fingerprint density at radius 1 is 1.10 bits per heavy atom. The lowest BCUT2D eigenvalue weighted by molar-refractivity contribution is -0.383. The summed E-state index contributed by atoms with van der Waals surface area (Å²) in [4.78, 5) is 22.5. The van der Waals surface area contributed by atoms with Crippen LogP contribution in [0.15, 0.2) is 42.9 Å². The van der Waals surface area contributed by atoms with Crippen molar-refractivity contribution in [3.63, 3.8) is 0 Å². The third-order valence-corrected chi connectivity index (χ3v) is 2.92. The molecule has 0 spiro atoms. The molecule has 0 bridgehead atoms. The molecule has 7 heteroatoms. The Morgan fingerprint density at radius 3 is 2.70 bits per heavy atom. The van der Waals surface area contributed by atoms with Crippen molar-refractivity contribution in [1.29, 1.82) is 0 Å². The summed E-state index contributed by atoms with van der Waals surface area (Å²) in [6.07, 6.45) is 2.83. The molecule has 7 nitrogen and oxygen atoms in total. The number of hydrogen-bond donors (Lipinski definition) is 1. The third-order valence-electron chi connectivity index (χ3n) is 2.92. The average Bonchev–Trinajstić information content (AvgIpc) is 2.46. The van der Waals surface area contributed by atoms with Crippen LogP contribution in [-0.4, -0.2) is 19.9 Å². The van der Waals surface area contributed by atoms with Gasteiger partial charge in [0.1, 0.15) is 6.33 Å². The molecule has 0 unspecified atom stereocenters. The van der Waals surface area contributed by atoms with E-state index >= 15 is 0 Å². The molecular formula is C13H9N5O2. The number of nitrogen functional groups attached to an aromatic ring is 1. The second kappa shape index (κ2) is 4.54. The van der Waals surface area contributed by atoms with Crippen LogP contribution in [-0.2, 0) is 0 Å². The normalized spacial score (nSPS) is 10.6. The highest BCUT2D eigenvalue weighted by Gasteiger charge is 2.23. The fourth-order valence-corrected chi connectivity index (χ4v) is 2.06. The fourth-order valence-electron chi connectivity index (χ4n) is 2.06. The topological polar surface area (TPSA) is 108 Å². The van der Waals surface area contributed by atoms with Crippen LogP contribution in [0.3, 0.4) is 0 Å². The van der Waals surface area contributed by atoms with Gasteiger partial charge in [0, 0.05) is 17.1 Å². The number of nitrogens with two attached hydrogens (primary N) is 1. The number of hydrogen-bond acceptors (Lipinski definition) is 6. The lowest BCUT2D eigenvalue weighted by Gasteiger charge is -2.06. The number of pyridine rings is 1. The summed E-state index contributed by atoms with van der Waals surface area (Å²) < 4.78 is 0. The van der Waals surface area contributed by atoms with E-state index in [4.69, 9.17) is 5.73 Å². The molecule has 98 valence electrons. The van der Waals surface area contributed by atoms with Crippen molar-refractivity contribution >= 4 is 22.4 Å². The molecule has 2 heterocycles. The summed E-state index contributed by atoms with van der Waals surface area (Å²) in [5.74, 6) is -0.159. The molecule has 0 atom stereocenters. The molecule has 0 aliphatic carbocycles. The minimum Gasteiger partial charge on any atom is -0.378 e. The number of anilines is 1. The van der Waals surface area contributed by atoms with Gasteiger partial charge >= 0.3 is 5.69 Å². The van der Waals surface area contributed by atoms with Crippen LogP contribution in [0.2, 0.25) is 0 Å². The zero-order valence-electron chi connectivity index (χ0n) is 10.2. The number of rotatable bonds is 2. The van der Waals surface area contributed by atoms with Crippen LogP contribution >= 0.6 is 0 Å². The highest BCUT2D eigenvalue weighted by Crippen LogP contribution is 2.34. The van der Waals surface area contributed by atoms with Crippen LogP contribution in [0, 0.1) is 10.1 Å². The Labute approximate surface area is 113 Å². The first-order valence-corrected chi connectivity index (χ1v) is 5.77. The van der Waals surface area contributed by atoms with Gasteiger partial charge in [-0.2, -0.15) is 0 Å². The van der Waals surface area contributed by atoms with Crippen molar-refractivity contribution in [2.45, 2.75) is 0 Å². The van der Waals surface area contributed by atoms with Gasteiger partial charge < -0.3 is 5.73 Å². The molecule has 2 aromatic heterocycles. The van der Waals surface area contributed by atoms with Crippen molar-refractivity contribution in [3.8, 4) is 11.3 Å². The van der Waals surface area contributed by atoms with Gasteiger partial charge in [-0.1, -0.05) is 24.3 Å². The van der Waals surface area contributed by atoms with Crippen molar-refractivity contribution in [3.05, 3.63) is 53.0 Å².